The zero-order chi connectivity index (χ0) is 18.7. The summed E-state index contributed by atoms with van der Waals surface area (Å²) in [6.45, 7) is 1.11. The molecule has 5 nitrogen and oxygen atoms in total. The van der Waals surface area contributed by atoms with Crippen LogP contribution in [0.15, 0.2) is 41.6 Å². The van der Waals surface area contributed by atoms with Crippen LogP contribution in [0, 0.1) is 0 Å². The number of ketones is 1. The number of esters is 1. The smallest absolute Gasteiger partial charge is 0.432 e. The molecule has 0 aliphatic heterocycles. The van der Waals surface area contributed by atoms with E-state index in [2.05, 4.69) is 10.1 Å². The number of nitrogens with one attached hydrogen (secondary N) is 1. The molecule has 0 amide bonds. The molecule has 1 aliphatic carbocycles. The summed E-state index contributed by atoms with van der Waals surface area (Å²) < 4.78 is 44.8. The first-order valence-corrected chi connectivity index (χ1v) is 7.72. The van der Waals surface area contributed by atoms with Crippen LogP contribution in [0.3, 0.4) is 0 Å². The normalized spacial score (nSPS) is 17.4. The summed E-state index contributed by atoms with van der Waals surface area (Å²) in [6, 6.07) is 8.82. The molecular formula is C17H18F3NO4. The minimum absolute atomic E-state index is 0.0151. The molecule has 1 atom stereocenters. The van der Waals surface area contributed by atoms with Gasteiger partial charge in [0.1, 0.15) is 0 Å². The Bertz CT molecular complexity index is 685. The molecule has 0 fully saturated rings. The largest absolute Gasteiger partial charge is 0.463 e. The summed E-state index contributed by atoms with van der Waals surface area (Å²) in [7, 11) is 0. The summed E-state index contributed by atoms with van der Waals surface area (Å²) in [5.41, 5.74) is -4.27. The van der Waals surface area contributed by atoms with Crippen molar-refractivity contribution in [1.82, 2.24) is 5.32 Å². The van der Waals surface area contributed by atoms with Crippen molar-refractivity contribution >= 4 is 11.8 Å². The van der Waals surface area contributed by atoms with Crippen LogP contribution in [0.5, 0.6) is 0 Å². The number of benzene rings is 1. The number of alkyl halides is 3. The monoisotopic (exact) mass is 357 g/mol. The first-order valence-electron chi connectivity index (χ1n) is 7.72. The number of rotatable bonds is 6. The predicted molar refractivity (Wildman–Crippen MR) is 82.2 cm³/mol. The molecule has 0 saturated heterocycles. The van der Waals surface area contributed by atoms with Gasteiger partial charge in [-0.1, -0.05) is 30.3 Å². The Balaban J connectivity index is 2.40. The maximum atomic E-state index is 13.5. The number of aliphatic hydroxyl groups is 1. The molecular weight excluding hydrogens is 339 g/mol. The van der Waals surface area contributed by atoms with Crippen molar-refractivity contribution in [2.24, 2.45) is 0 Å². The maximum absolute atomic E-state index is 13.5. The number of allylic oxidation sites excluding steroid dienone is 1. The van der Waals surface area contributed by atoms with E-state index in [0.29, 0.717) is 0 Å². The molecule has 1 unspecified atom stereocenters. The molecule has 1 aliphatic rings. The quantitative estimate of drug-likeness (QED) is 0.764. The molecule has 2 N–H and O–H groups in total. The Kier molecular flexibility index (Phi) is 5.52. The van der Waals surface area contributed by atoms with Gasteiger partial charge in [-0.2, -0.15) is 13.2 Å². The zero-order valence-corrected chi connectivity index (χ0v) is 13.5. The number of carbonyl (C=O) groups is 2. The van der Waals surface area contributed by atoms with Crippen LogP contribution in [0.4, 0.5) is 13.2 Å². The molecule has 0 spiro atoms. The second kappa shape index (κ2) is 7.26. The fraction of sp³-hybridized carbons (Fsp3) is 0.412. The third-order valence-electron chi connectivity index (χ3n) is 3.87. The fourth-order valence-electron chi connectivity index (χ4n) is 2.65. The van der Waals surface area contributed by atoms with E-state index in [1.807, 2.05) is 0 Å². The fourth-order valence-corrected chi connectivity index (χ4v) is 2.65. The van der Waals surface area contributed by atoms with Gasteiger partial charge in [0.2, 0.25) is 0 Å². The third-order valence-corrected chi connectivity index (χ3v) is 3.87. The van der Waals surface area contributed by atoms with Crippen LogP contribution < -0.4 is 5.32 Å². The Morgan fingerprint density at radius 2 is 1.88 bits per heavy atom. The Hall–Kier alpha value is -2.35. The highest BCUT2D eigenvalue weighted by molar-refractivity contribution is 6.07. The Morgan fingerprint density at radius 3 is 2.44 bits per heavy atom. The van der Waals surface area contributed by atoms with Crippen molar-refractivity contribution in [3.63, 3.8) is 0 Å². The van der Waals surface area contributed by atoms with Crippen LogP contribution in [-0.2, 0) is 20.9 Å². The highest BCUT2D eigenvalue weighted by Gasteiger charge is 2.66. The van der Waals surface area contributed by atoms with Crippen LogP contribution in [0.25, 0.3) is 0 Å². The summed E-state index contributed by atoms with van der Waals surface area (Å²) >= 11 is 0. The molecule has 0 saturated carbocycles. The lowest BCUT2D eigenvalue weighted by molar-refractivity contribution is -0.249. The predicted octanol–water partition coefficient (Wildman–Crippen LogP) is 2.25. The van der Waals surface area contributed by atoms with Gasteiger partial charge in [0.05, 0.1) is 12.2 Å². The van der Waals surface area contributed by atoms with Gasteiger partial charge >= 0.3 is 12.1 Å². The van der Waals surface area contributed by atoms with E-state index in [0.717, 1.165) is 5.56 Å². The minimum Gasteiger partial charge on any atom is -0.463 e. The van der Waals surface area contributed by atoms with E-state index in [-0.39, 0.29) is 31.7 Å². The highest BCUT2D eigenvalue weighted by Crippen LogP contribution is 2.42. The number of ether oxygens (including phenoxy) is 1. The maximum Gasteiger partial charge on any atom is 0.432 e. The van der Waals surface area contributed by atoms with Crippen molar-refractivity contribution in [3.05, 3.63) is 47.2 Å². The standard InChI is InChI=1S/C17H18F3NO4/c1-2-25-15(23)16(24,17(18,19)20)14-12(8-9-13(14)22)21-10-11-6-4-3-5-7-11/h3-7,21,24H,2,8-10H2,1H3. The highest BCUT2D eigenvalue weighted by atomic mass is 19.4. The molecule has 1 aromatic carbocycles. The topological polar surface area (TPSA) is 75.6 Å². The first kappa shape index (κ1) is 19.0. The zero-order valence-electron chi connectivity index (χ0n) is 13.5. The summed E-state index contributed by atoms with van der Waals surface area (Å²) in [6.07, 6.45) is -5.61. The van der Waals surface area contributed by atoms with Gasteiger partial charge in [0.15, 0.2) is 5.78 Å². The Labute approximate surface area is 142 Å². The number of hydrogen-bond acceptors (Lipinski definition) is 5. The van der Waals surface area contributed by atoms with Crippen LogP contribution in [-0.4, -0.2) is 35.2 Å². The molecule has 136 valence electrons. The SMILES string of the molecule is CCOC(=O)C(O)(C1=C(NCc2ccccc2)CCC1=O)C(F)(F)F. The van der Waals surface area contributed by atoms with E-state index < -0.39 is 29.1 Å². The molecule has 0 bridgehead atoms. The average Bonchev–Trinajstić information content (AvgIpc) is 2.93. The molecule has 0 heterocycles. The van der Waals surface area contributed by atoms with Crippen LogP contribution in [0.1, 0.15) is 25.3 Å². The lowest BCUT2D eigenvalue weighted by Gasteiger charge is -2.29. The average molecular weight is 357 g/mol. The van der Waals surface area contributed by atoms with E-state index in [4.69, 9.17) is 0 Å². The molecule has 0 radical (unpaired) electrons. The third kappa shape index (κ3) is 3.68. The van der Waals surface area contributed by atoms with Gasteiger partial charge in [-0.15, -0.1) is 0 Å². The number of Topliss-reactive ketones (excluding diaryl/α,β-unsaturated/α-hetero) is 1. The second-order valence-electron chi connectivity index (χ2n) is 5.54. The summed E-state index contributed by atoms with van der Waals surface area (Å²) in [4.78, 5) is 23.9. The van der Waals surface area contributed by atoms with Gasteiger partial charge in [0, 0.05) is 18.7 Å². The van der Waals surface area contributed by atoms with Crippen molar-refractivity contribution in [2.45, 2.75) is 38.1 Å². The van der Waals surface area contributed by atoms with Crippen LogP contribution in [0.2, 0.25) is 0 Å². The number of hydrogen-bond donors (Lipinski definition) is 2. The van der Waals surface area contributed by atoms with Gasteiger partial charge in [-0.05, 0) is 18.9 Å². The minimum atomic E-state index is -5.38. The van der Waals surface area contributed by atoms with Gasteiger partial charge < -0.3 is 15.2 Å². The van der Waals surface area contributed by atoms with E-state index in [1.165, 1.54) is 6.92 Å². The number of halogens is 3. The molecule has 2 rings (SSSR count). The van der Waals surface area contributed by atoms with E-state index >= 15 is 0 Å². The van der Waals surface area contributed by atoms with E-state index in [1.54, 1.807) is 30.3 Å². The Morgan fingerprint density at radius 1 is 1.24 bits per heavy atom. The van der Waals surface area contributed by atoms with Gasteiger partial charge in [0.25, 0.3) is 5.60 Å². The van der Waals surface area contributed by atoms with E-state index in [9.17, 15) is 27.9 Å². The number of carbonyl (C=O) groups excluding carboxylic acids is 2. The lowest BCUT2D eigenvalue weighted by atomic mass is 9.90. The van der Waals surface area contributed by atoms with Crippen LogP contribution >= 0.6 is 0 Å². The summed E-state index contributed by atoms with van der Waals surface area (Å²) in [5.74, 6) is -2.82. The van der Waals surface area contributed by atoms with Crippen molar-refractivity contribution in [1.29, 1.82) is 0 Å². The molecule has 0 aromatic heterocycles. The lowest BCUT2D eigenvalue weighted by Crippen LogP contribution is -2.56. The molecule has 8 heteroatoms. The summed E-state index contributed by atoms with van der Waals surface area (Å²) in [5, 5.41) is 12.9. The van der Waals surface area contributed by atoms with Crippen molar-refractivity contribution in [2.75, 3.05) is 6.61 Å². The molecule has 25 heavy (non-hydrogen) atoms. The molecule has 1 aromatic rings. The first-order chi connectivity index (χ1) is 11.7. The van der Waals surface area contributed by atoms with Crippen molar-refractivity contribution < 1.29 is 32.6 Å². The van der Waals surface area contributed by atoms with Crippen molar-refractivity contribution in [3.8, 4) is 0 Å². The second-order valence-corrected chi connectivity index (χ2v) is 5.54. The van der Waals surface area contributed by atoms with Gasteiger partial charge in [-0.3, -0.25) is 4.79 Å². The van der Waals surface area contributed by atoms with Gasteiger partial charge in [-0.25, -0.2) is 4.79 Å².